The number of nitrogens with one attached hydrogen (secondary N) is 1. The molecule has 0 bridgehead atoms. The largest absolute Gasteiger partial charge is 0.392 e. The summed E-state index contributed by atoms with van der Waals surface area (Å²) in [5.74, 6) is -1.37. The Kier molecular flexibility index (Phi) is 6.67. The molecule has 1 fully saturated rings. The molecular weight excluding hydrogens is 395 g/mol. The van der Waals surface area contributed by atoms with Gasteiger partial charge in [-0.2, -0.15) is 0 Å². The van der Waals surface area contributed by atoms with Crippen LogP contribution in [0.25, 0.3) is 0 Å². The van der Waals surface area contributed by atoms with E-state index in [2.05, 4.69) is 5.32 Å². The number of hydrogen-bond donors (Lipinski definition) is 3. The zero-order valence-electron chi connectivity index (χ0n) is 16.1. The number of ketones is 1. The first kappa shape index (κ1) is 21.4. The Bertz CT molecular complexity index is 913. The summed E-state index contributed by atoms with van der Waals surface area (Å²) in [7, 11) is 0. The van der Waals surface area contributed by atoms with Gasteiger partial charge in [0.2, 0.25) is 5.91 Å². The maximum atomic E-state index is 15.5. The summed E-state index contributed by atoms with van der Waals surface area (Å²) in [4.78, 5) is 24.1. The summed E-state index contributed by atoms with van der Waals surface area (Å²) in [5, 5.41) is 12.5. The van der Waals surface area contributed by atoms with Crippen LogP contribution < -0.4 is 11.1 Å². The van der Waals surface area contributed by atoms with Gasteiger partial charge in [0.1, 0.15) is 5.82 Å². The number of aliphatic hydroxyl groups is 1. The van der Waals surface area contributed by atoms with Crippen LogP contribution in [-0.4, -0.2) is 22.8 Å². The normalized spacial score (nSPS) is 15.7. The van der Waals surface area contributed by atoms with Crippen molar-refractivity contribution in [3.63, 3.8) is 0 Å². The second-order valence-corrected chi connectivity index (χ2v) is 7.97. The fraction of sp³-hybridized carbons (Fsp3) is 0.364. The van der Waals surface area contributed by atoms with E-state index in [-0.39, 0.29) is 47.2 Å². The number of aliphatic hydroxyl groups excluding tert-OH is 1. The van der Waals surface area contributed by atoms with Gasteiger partial charge < -0.3 is 16.2 Å². The monoisotopic (exact) mass is 418 g/mol. The van der Waals surface area contributed by atoms with Crippen molar-refractivity contribution < 1.29 is 19.1 Å². The van der Waals surface area contributed by atoms with E-state index in [1.54, 1.807) is 30.3 Å². The van der Waals surface area contributed by atoms with E-state index in [0.29, 0.717) is 11.1 Å². The molecule has 0 spiro atoms. The summed E-state index contributed by atoms with van der Waals surface area (Å²) < 4.78 is 15.5. The van der Waals surface area contributed by atoms with Gasteiger partial charge in [-0.1, -0.05) is 41.9 Å². The van der Waals surface area contributed by atoms with Crippen molar-refractivity contribution in [1.82, 2.24) is 5.32 Å². The molecule has 0 aromatic heterocycles. The minimum absolute atomic E-state index is 0.0437. The first-order valence-electron chi connectivity index (χ1n) is 9.58. The highest BCUT2D eigenvalue weighted by atomic mass is 35.5. The van der Waals surface area contributed by atoms with Crippen molar-refractivity contribution in [2.75, 3.05) is 0 Å². The van der Waals surface area contributed by atoms with Crippen LogP contribution >= 0.6 is 11.6 Å². The molecule has 0 saturated heterocycles. The molecule has 0 aliphatic heterocycles. The molecule has 5 nitrogen and oxygen atoms in total. The van der Waals surface area contributed by atoms with Crippen LogP contribution in [0.2, 0.25) is 5.02 Å². The van der Waals surface area contributed by atoms with Gasteiger partial charge in [0.15, 0.2) is 5.78 Å². The van der Waals surface area contributed by atoms with Gasteiger partial charge in [-0.05, 0) is 37.3 Å². The molecule has 2 atom stereocenters. The van der Waals surface area contributed by atoms with E-state index in [1.807, 2.05) is 6.92 Å². The predicted molar refractivity (Wildman–Crippen MR) is 109 cm³/mol. The minimum Gasteiger partial charge on any atom is -0.392 e. The second kappa shape index (κ2) is 9.03. The smallest absolute Gasteiger partial charge is 0.218 e. The van der Waals surface area contributed by atoms with E-state index >= 15 is 4.39 Å². The number of amides is 1. The third-order valence-corrected chi connectivity index (χ3v) is 5.46. The van der Waals surface area contributed by atoms with Crippen molar-refractivity contribution in [1.29, 1.82) is 0 Å². The topological polar surface area (TPSA) is 92.4 Å². The van der Waals surface area contributed by atoms with Gasteiger partial charge in [-0.15, -0.1) is 0 Å². The van der Waals surface area contributed by atoms with Gasteiger partial charge >= 0.3 is 0 Å². The SMILES string of the molecule is C[C@@H](CC(N)=O)NC(c1ccc(Cl)c(C(=O)c2ccc(CO)cc2)c1F)C1CC1. The molecule has 0 heterocycles. The number of benzene rings is 2. The standard InChI is InChI=1S/C22H24ClFN2O3/c1-12(10-18(25)28)26-21(14-6-7-14)16-8-9-17(23)19(20(16)24)22(29)15-4-2-13(11-27)3-5-15/h2-5,8-9,12,14,21,26-27H,6-7,10-11H2,1H3,(H2,25,28)/t12-,21?/m0/s1. The van der Waals surface area contributed by atoms with Gasteiger partial charge in [0.05, 0.1) is 17.2 Å². The quantitative estimate of drug-likeness (QED) is 0.543. The maximum absolute atomic E-state index is 15.5. The molecule has 0 radical (unpaired) electrons. The Hall–Kier alpha value is -2.28. The zero-order chi connectivity index (χ0) is 21.1. The highest BCUT2D eigenvalue weighted by Crippen LogP contribution is 2.43. The summed E-state index contributed by atoms with van der Waals surface area (Å²) in [6.45, 7) is 1.68. The molecule has 1 aliphatic carbocycles. The first-order valence-corrected chi connectivity index (χ1v) is 9.96. The molecule has 154 valence electrons. The third kappa shape index (κ3) is 5.01. The Labute approximate surface area is 174 Å². The van der Waals surface area contributed by atoms with Crippen LogP contribution in [0.3, 0.4) is 0 Å². The maximum Gasteiger partial charge on any atom is 0.218 e. The third-order valence-electron chi connectivity index (χ3n) is 5.15. The molecule has 29 heavy (non-hydrogen) atoms. The Balaban J connectivity index is 1.94. The fourth-order valence-electron chi connectivity index (χ4n) is 3.50. The van der Waals surface area contributed by atoms with Gasteiger partial charge in [-0.25, -0.2) is 4.39 Å². The second-order valence-electron chi connectivity index (χ2n) is 7.56. The molecule has 1 amide bonds. The summed E-state index contributed by atoms with van der Waals surface area (Å²) >= 11 is 6.20. The molecule has 2 aromatic rings. The number of primary amides is 1. The van der Waals surface area contributed by atoms with Crippen LogP contribution in [0.5, 0.6) is 0 Å². The van der Waals surface area contributed by atoms with E-state index < -0.39 is 17.5 Å². The lowest BCUT2D eigenvalue weighted by molar-refractivity contribution is -0.118. The summed E-state index contributed by atoms with van der Waals surface area (Å²) in [6.07, 6.45) is 2.02. The number of carbonyl (C=O) groups excluding carboxylic acids is 2. The lowest BCUT2D eigenvalue weighted by Gasteiger charge is -2.24. The molecule has 4 N–H and O–H groups in total. The molecule has 1 saturated carbocycles. The Morgan fingerprint density at radius 2 is 1.90 bits per heavy atom. The van der Waals surface area contributed by atoms with Gasteiger partial charge in [-0.3, -0.25) is 9.59 Å². The summed E-state index contributed by atoms with van der Waals surface area (Å²) in [5.41, 5.74) is 6.41. The predicted octanol–water partition coefficient (Wildman–Crippen LogP) is 3.51. The van der Waals surface area contributed by atoms with E-state index in [4.69, 9.17) is 22.4 Å². The van der Waals surface area contributed by atoms with Gasteiger partial charge in [0.25, 0.3) is 0 Å². The zero-order valence-corrected chi connectivity index (χ0v) is 16.9. The molecule has 2 aromatic carbocycles. The molecule has 7 heteroatoms. The van der Waals surface area contributed by atoms with E-state index in [0.717, 1.165) is 12.8 Å². The van der Waals surface area contributed by atoms with Crippen molar-refractivity contribution in [2.24, 2.45) is 11.7 Å². The number of carbonyl (C=O) groups is 2. The lowest BCUT2D eigenvalue weighted by atomic mass is 9.94. The fourth-order valence-corrected chi connectivity index (χ4v) is 3.73. The molecular formula is C22H24ClFN2O3. The van der Waals surface area contributed by atoms with Crippen LogP contribution in [0.1, 0.15) is 59.3 Å². The van der Waals surface area contributed by atoms with Crippen molar-refractivity contribution >= 4 is 23.3 Å². The number of rotatable bonds is 9. The first-order chi connectivity index (χ1) is 13.8. The highest BCUT2D eigenvalue weighted by molar-refractivity contribution is 6.35. The van der Waals surface area contributed by atoms with Crippen molar-refractivity contribution in [3.05, 3.63) is 69.5 Å². The summed E-state index contributed by atoms with van der Waals surface area (Å²) in [6, 6.07) is 8.89. The Morgan fingerprint density at radius 3 is 2.45 bits per heavy atom. The molecule has 1 aliphatic rings. The van der Waals surface area contributed by atoms with Crippen LogP contribution in [0, 0.1) is 11.7 Å². The lowest BCUT2D eigenvalue weighted by Crippen LogP contribution is -2.35. The van der Waals surface area contributed by atoms with E-state index in [9.17, 15) is 9.59 Å². The van der Waals surface area contributed by atoms with Crippen molar-refractivity contribution in [3.8, 4) is 0 Å². The Morgan fingerprint density at radius 1 is 1.24 bits per heavy atom. The highest BCUT2D eigenvalue weighted by Gasteiger charge is 2.36. The number of nitrogens with two attached hydrogens (primary N) is 1. The average Bonchev–Trinajstić information content (AvgIpc) is 3.51. The average molecular weight is 419 g/mol. The number of halogens is 2. The van der Waals surface area contributed by atoms with Crippen LogP contribution in [0.15, 0.2) is 36.4 Å². The van der Waals surface area contributed by atoms with Crippen molar-refractivity contribution in [2.45, 2.75) is 44.9 Å². The number of hydrogen-bond acceptors (Lipinski definition) is 4. The van der Waals surface area contributed by atoms with E-state index in [1.165, 1.54) is 6.07 Å². The minimum atomic E-state index is -0.649. The molecule has 1 unspecified atom stereocenters. The molecule has 3 rings (SSSR count). The van der Waals surface area contributed by atoms with Crippen LogP contribution in [0.4, 0.5) is 4.39 Å². The van der Waals surface area contributed by atoms with Gasteiger partial charge in [0, 0.05) is 29.6 Å². The van der Waals surface area contributed by atoms with Crippen LogP contribution in [-0.2, 0) is 11.4 Å².